The number of aryl methyl sites for hydroxylation is 2. The Morgan fingerprint density at radius 2 is 1.44 bits per heavy atom. The molecule has 0 saturated heterocycles. The number of nitro groups is 1. The molecule has 0 aliphatic rings. The lowest BCUT2D eigenvalue weighted by Crippen LogP contribution is -2.17. The van der Waals surface area contributed by atoms with Gasteiger partial charge in [-0.25, -0.2) is 4.79 Å². The van der Waals surface area contributed by atoms with Crippen LogP contribution in [0.25, 0.3) is 0 Å². The Kier molecular flexibility index (Phi) is 7.66. The minimum atomic E-state index is -0.629. The van der Waals surface area contributed by atoms with Gasteiger partial charge >= 0.3 is 5.97 Å². The van der Waals surface area contributed by atoms with E-state index in [1.807, 2.05) is 92.7 Å². The fourth-order valence-corrected chi connectivity index (χ4v) is 4.15. The molecule has 6 heteroatoms. The van der Waals surface area contributed by atoms with Crippen molar-refractivity contribution in [1.82, 2.24) is 0 Å². The number of benzene rings is 4. The van der Waals surface area contributed by atoms with Crippen LogP contribution in [0.1, 0.15) is 39.3 Å². The second kappa shape index (κ2) is 11.2. The molecule has 0 heterocycles. The van der Waals surface area contributed by atoms with Gasteiger partial charge in [0.05, 0.1) is 10.6 Å². The van der Waals surface area contributed by atoms with Gasteiger partial charge < -0.3 is 4.84 Å². The van der Waals surface area contributed by atoms with Crippen molar-refractivity contribution in [2.75, 3.05) is 0 Å². The molecule has 6 nitrogen and oxygen atoms in total. The van der Waals surface area contributed by atoms with Crippen molar-refractivity contribution in [2.45, 2.75) is 26.2 Å². The van der Waals surface area contributed by atoms with Crippen molar-refractivity contribution >= 4 is 17.4 Å². The van der Waals surface area contributed by atoms with Crippen molar-refractivity contribution in [2.24, 2.45) is 5.16 Å². The third kappa shape index (κ3) is 5.91. The van der Waals surface area contributed by atoms with E-state index in [1.54, 1.807) is 12.1 Å². The van der Waals surface area contributed by atoms with Crippen LogP contribution in [-0.4, -0.2) is 16.6 Å². The molecule has 0 amide bonds. The first-order valence-electron chi connectivity index (χ1n) is 11.6. The number of hydrogen-bond donors (Lipinski definition) is 0. The standard InChI is InChI=1S/C30H26N2O4/c1-21-13-18-27(22(2)19-21)28(20-23-14-16-26(17-15-23)32(34)35)31-36-30(33)29(24-9-5-3-6-10-24)25-11-7-4-8-12-25/h3-19,29H,20H2,1-2H3/b31-28+. The van der Waals surface area contributed by atoms with Crippen LogP contribution >= 0.6 is 0 Å². The zero-order chi connectivity index (χ0) is 25.5. The first-order valence-corrected chi connectivity index (χ1v) is 11.6. The van der Waals surface area contributed by atoms with Gasteiger partial charge in [0.15, 0.2) is 0 Å². The Morgan fingerprint density at radius 3 is 1.97 bits per heavy atom. The fraction of sp³-hybridized carbons (Fsp3) is 0.133. The molecule has 0 unspecified atom stereocenters. The van der Waals surface area contributed by atoms with Gasteiger partial charge in [0.25, 0.3) is 5.69 Å². The zero-order valence-electron chi connectivity index (χ0n) is 20.1. The van der Waals surface area contributed by atoms with E-state index < -0.39 is 16.8 Å². The average molecular weight is 479 g/mol. The second-order valence-electron chi connectivity index (χ2n) is 8.62. The van der Waals surface area contributed by atoms with Crippen LogP contribution in [-0.2, 0) is 16.1 Å². The first kappa shape index (κ1) is 24.5. The monoisotopic (exact) mass is 478 g/mol. The predicted molar refractivity (Wildman–Crippen MR) is 140 cm³/mol. The van der Waals surface area contributed by atoms with Crippen molar-refractivity contribution in [3.8, 4) is 0 Å². The molecule has 0 saturated carbocycles. The number of hydrogen-bond acceptors (Lipinski definition) is 5. The summed E-state index contributed by atoms with van der Waals surface area (Å²) in [4.78, 5) is 29.6. The van der Waals surface area contributed by atoms with E-state index >= 15 is 0 Å². The molecule has 0 aliphatic heterocycles. The molecule has 4 aromatic rings. The third-order valence-electron chi connectivity index (χ3n) is 5.96. The number of carbonyl (C=O) groups is 1. The lowest BCUT2D eigenvalue weighted by molar-refractivity contribution is -0.384. The number of nitro benzene ring substituents is 1. The van der Waals surface area contributed by atoms with E-state index in [9.17, 15) is 14.9 Å². The molecular formula is C30H26N2O4. The number of rotatable bonds is 8. The van der Waals surface area contributed by atoms with Crippen LogP contribution in [0.2, 0.25) is 0 Å². The molecule has 4 rings (SSSR count). The Bertz CT molecular complexity index is 1340. The summed E-state index contributed by atoms with van der Waals surface area (Å²) < 4.78 is 0. The molecule has 0 aromatic heterocycles. The highest BCUT2D eigenvalue weighted by molar-refractivity contribution is 6.03. The fourth-order valence-electron chi connectivity index (χ4n) is 4.15. The van der Waals surface area contributed by atoms with Gasteiger partial charge in [0.2, 0.25) is 0 Å². The smallest absolute Gasteiger partial charge is 0.317 e. The van der Waals surface area contributed by atoms with Crippen LogP contribution in [0.3, 0.4) is 0 Å². The summed E-state index contributed by atoms with van der Waals surface area (Å²) in [5.41, 5.74) is 5.98. The highest BCUT2D eigenvalue weighted by Crippen LogP contribution is 2.26. The van der Waals surface area contributed by atoms with Gasteiger partial charge in [-0.05, 0) is 36.1 Å². The molecule has 0 fully saturated rings. The van der Waals surface area contributed by atoms with Crippen LogP contribution in [0.15, 0.2) is 108 Å². The summed E-state index contributed by atoms with van der Waals surface area (Å²) >= 11 is 0. The summed E-state index contributed by atoms with van der Waals surface area (Å²) in [6.07, 6.45) is 0.344. The minimum absolute atomic E-state index is 0.0174. The molecule has 4 aromatic carbocycles. The highest BCUT2D eigenvalue weighted by Gasteiger charge is 2.25. The topological polar surface area (TPSA) is 81.8 Å². The van der Waals surface area contributed by atoms with Gasteiger partial charge in [0, 0.05) is 24.1 Å². The largest absolute Gasteiger partial charge is 0.346 e. The van der Waals surface area contributed by atoms with Gasteiger partial charge in [-0.15, -0.1) is 0 Å². The Morgan fingerprint density at radius 1 is 0.861 bits per heavy atom. The van der Waals surface area contributed by atoms with Crippen molar-refractivity contribution in [3.05, 3.63) is 147 Å². The summed E-state index contributed by atoms with van der Waals surface area (Å²) in [6, 6.07) is 31.2. The highest BCUT2D eigenvalue weighted by atomic mass is 16.7. The van der Waals surface area contributed by atoms with Crippen LogP contribution in [0, 0.1) is 24.0 Å². The zero-order valence-corrected chi connectivity index (χ0v) is 20.1. The Hall–Kier alpha value is -4.58. The molecule has 0 atom stereocenters. The molecular weight excluding hydrogens is 452 g/mol. The molecule has 0 N–H and O–H groups in total. The SMILES string of the molecule is Cc1ccc(/C(Cc2ccc([N+](=O)[O-])cc2)=N/OC(=O)C(c2ccccc2)c2ccccc2)c(C)c1. The Balaban J connectivity index is 1.68. The van der Waals surface area contributed by atoms with Gasteiger partial charge in [-0.2, -0.15) is 0 Å². The van der Waals surface area contributed by atoms with Crippen molar-refractivity contribution in [3.63, 3.8) is 0 Å². The van der Waals surface area contributed by atoms with Gasteiger partial charge in [-0.3, -0.25) is 10.1 Å². The number of nitrogens with zero attached hydrogens (tertiary/aromatic N) is 2. The molecule has 0 radical (unpaired) electrons. The number of oxime groups is 1. The molecule has 0 spiro atoms. The maximum Gasteiger partial charge on any atom is 0.346 e. The maximum atomic E-state index is 13.4. The lowest BCUT2D eigenvalue weighted by atomic mass is 9.91. The van der Waals surface area contributed by atoms with E-state index in [0.717, 1.165) is 33.4 Å². The number of carbonyl (C=O) groups excluding carboxylic acids is 1. The normalized spacial score (nSPS) is 11.4. The van der Waals surface area contributed by atoms with E-state index in [4.69, 9.17) is 4.84 Å². The summed E-state index contributed by atoms with van der Waals surface area (Å²) in [7, 11) is 0. The number of non-ortho nitro benzene ring substituents is 1. The summed E-state index contributed by atoms with van der Waals surface area (Å²) in [5.74, 6) is -1.12. The maximum absolute atomic E-state index is 13.4. The van der Waals surface area contributed by atoms with Crippen LogP contribution < -0.4 is 0 Å². The summed E-state index contributed by atoms with van der Waals surface area (Å²) in [5, 5.41) is 15.4. The van der Waals surface area contributed by atoms with Crippen LogP contribution in [0.4, 0.5) is 5.69 Å². The minimum Gasteiger partial charge on any atom is -0.317 e. The Labute approximate surface area is 210 Å². The van der Waals surface area contributed by atoms with Gasteiger partial charge in [-0.1, -0.05) is 102 Å². The first-order chi connectivity index (χ1) is 17.4. The third-order valence-corrected chi connectivity index (χ3v) is 5.96. The van der Waals surface area contributed by atoms with E-state index in [0.29, 0.717) is 12.1 Å². The second-order valence-corrected chi connectivity index (χ2v) is 8.62. The molecule has 0 aliphatic carbocycles. The molecule has 180 valence electrons. The van der Waals surface area contributed by atoms with E-state index in [2.05, 4.69) is 5.16 Å². The average Bonchev–Trinajstić information content (AvgIpc) is 2.88. The lowest BCUT2D eigenvalue weighted by Gasteiger charge is -2.16. The quantitative estimate of drug-likeness (QED) is 0.125. The summed E-state index contributed by atoms with van der Waals surface area (Å²) in [6.45, 7) is 3.99. The van der Waals surface area contributed by atoms with Crippen LogP contribution in [0.5, 0.6) is 0 Å². The van der Waals surface area contributed by atoms with E-state index in [1.165, 1.54) is 12.1 Å². The molecule has 0 bridgehead atoms. The van der Waals surface area contributed by atoms with Crippen molar-refractivity contribution in [1.29, 1.82) is 0 Å². The van der Waals surface area contributed by atoms with Gasteiger partial charge in [0.1, 0.15) is 5.92 Å². The predicted octanol–water partition coefficient (Wildman–Crippen LogP) is 6.53. The van der Waals surface area contributed by atoms with E-state index in [-0.39, 0.29) is 5.69 Å². The van der Waals surface area contributed by atoms with Crippen molar-refractivity contribution < 1.29 is 14.6 Å². The molecule has 36 heavy (non-hydrogen) atoms.